The van der Waals surface area contributed by atoms with E-state index in [0.29, 0.717) is 28.7 Å². The molecule has 0 bridgehead atoms. The van der Waals surface area contributed by atoms with Crippen molar-refractivity contribution in [2.75, 3.05) is 7.05 Å². The number of carbonyl (C=O) groups excluding carboxylic acids is 1. The Bertz CT molecular complexity index is 1090. The molecule has 0 saturated heterocycles. The van der Waals surface area contributed by atoms with Gasteiger partial charge in [0.25, 0.3) is 5.91 Å². The van der Waals surface area contributed by atoms with Gasteiger partial charge in [0.2, 0.25) is 11.8 Å². The monoisotopic (exact) mass is 399 g/mol. The number of carbonyl (C=O) groups is 1. The third-order valence-electron chi connectivity index (χ3n) is 4.68. The Kier molecular flexibility index (Phi) is 6.00. The SMILES string of the molecule is CCCc1cc(=O)oc2c(C)c(OC(C)C(=O)N(C)Cc3nnc(C)o3)ccc12. The highest BCUT2D eigenvalue weighted by molar-refractivity contribution is 5.85. The smallest absolute Gasteiger partial charge is 0.336 e. The topological polar surface area (TPSA) is 98.7 Å². The van der Waals surface area contributed by atoms with Gasteiger partial charge in [-0.1, -0.05) is 13.3 Å². The van der Waals surface area contributed by atoms with Crippen LogP contribution in [-0.2, 0) is 17.8 Å². The minimum absolute atomic E-state index is 0.194. The standard InChI is InChI=1S/C21H25N3O5/c1-6-7-15-10-19(25)29-20-12(2)17(9-8-16(15)20)27-13(3)21(26)24(5)11-18-23-22-14(4)28-18/h8-10,13H,6-7,11H2,1-5H3. The van der Waals surface area contributed by atoms with E-state index in [1.54, 1.807) is 20.9 Å². The molecule has 29 heavy (non-hydrogen) atoms. The van der Waals surface area contributed by atoms with Gasteiger partial charge < -0.3 is 18.5 Å². The fraction of sp³-hybridized carbons (Fsp3) is 0.429. The fourth-order valence-electron chi connectivity index (χ4n) is 3.25. The van der Waals surface area contributed by atoms with Crippen LogP contribution in [0.15, 0.2) is 31.8 Å². The minimum Gasteiger partial charge on any atom is -0.480 e. The van der Waals surface area contributed by atoms with Crippen LogP contribution in [0.5, 0.6) is 5.75 Å². The van der Waals surface area contributed by atoms with E-state index in [1.807, 2.05) is 19.1 Å². The van der Waals surface area contributed by atoms with Crippen molar-refractivity contribution in [3.8, 4) is 5.75 Å². The molecule has 2 heterocycles. The highest BCUT2D eigenvalue weighted by atomic mass is 16.5. The molecule has 3 rings (SSSR count). The number of hydrogen-bond donors (Lipinski definition) is 0. The lowest BCUT2D eigenvalue weighted by atomic mass is 10.0. The summed E-state index contributed by atoms with van der Waals surface area (Å²) in [7, 11) is 1.64. The Hall–Kier alpha value is -3.16. The molecule has 1 amide bonds. The van der Waals surface area contributed by atoms with Crippen LogP contribution in [0.2, 0.25) is 0 Å². The van der Waals surface area contributed by atoms with Gasteiger partial charge in [-0.15, -0.1) is 10.2 Å². The van der Waals surface area contributed by atoms with Crippen LogP contribution in [0.3, 0.4) is 0 Å². The first kappa shape index (κ1) is 20.6. The van der Waals surface area contributed by atoms with Crippen LogP contribution in [0.1, 0.15) is 43.2 Å². The summed E-state index contributed by atoms with van der Waals surface area (Å²) in [5.74, 6) is 1.07. The second-order valence-electron chi connectivity index (χ2n) is 7.08. The molecule has 0 N–H and O–H groups in total. The second kappa shape index (κ2) is 8.46. The number of aryl methyl sites for hydroxylation is 3. The van der Waals surface area contributed by atoms with Gasteiger partial charge in [0.15, 0.2) is 6.10 Å². The van der Waals surface area contributed by atoms with Crippen molar-refractivity contribution in [2.45, 2.75) is 53.2 Å². The molecule has 8 heteroatoms. The summed E-state index contributed by atoms with van der Waals surface area (Å²) in [5, 5.41) is 8.54. The first-order valence-corrected chi connectivity index (χ1v) is 9.57. The predicted molar refractivity (Wildman–Crippen MR) is 107 cm³/mol. The lowest BCUT2D eigenvalue weighted by Crippen LogP contribution is -2.37. The van der Waals surface area contributed by atoms with Crippen LogP contribution in [0.25, 0.3) is 11.0 Å². The molecule has 0 spiro atoms. The van der Waals surface area contributed by atoms with Crippen molar-refractivity contribution in [3.05, 3.63) is 51.5 Å². The lowest BCUT2D eigenvalue weighted by Gasteiger charge is -2.22. The normalized spacial score (nSPS) is 12.2. The molecular formula is C21H25N3O5. The molecule has 0 aliphatic carbocycles. The maximum atomic E-state index is 12.7. The minimum atomic E-state index is -0.745. The zero-order valence-electron chi connectivity index (χ0n) is 17.3. The largest absolute Gasteiger partial charge is 0.480 e. The van der Waals surface area contributed by atoms with Crippen molar-refractivity contribution in [3.63, 3.8) is 0 Å². The highest BCUT2D eigenvalue weighted by Gasteiger charge is 2.22. The molecule has 1 unspecified atom stereocenters. The number of rotatable bonds is 7. The van der Waals surface area contributed by atoms with Gasteiger partial charge in [-0.2, -0.15) is 0 Å². The van der Waals surface area contributed by atoms with Crippen molar-refractivity contribution in [1.82, 2.24) is 15.1 Å². The molecule has 0 aliphatic heterocycles. The molecule has 0 saturated carbocycles. The van der Waals surface area contributed by atoms with Crippen LogP contribution in [0, 0.1) is 13.8 Å². The number of likely N-dealkylation sites (N-methyl/N-ethyl adjacent to an activating group) is 1. The third kappa shape index (κ3) is 4.47. The number of nitrogens with zero attached hydrogens (tertiary/aromatic N) is 3. The molecule has 8 nitrogen and oxygen atoms in total. The molecule has 0 aliphatic rings. The Morgan fingerprint density at radius 2 is 2.00 bits per heavy atom. The van der Waals surface area contributed by atoms with Crippen LogP contribution in [-0.4, -0.2) is 34.2 Å². The van der Waals surface area contributed by atoms with Gasteiger partial charge in [0.1, 0.15) is 11.3 Å². The molecular weight excluding hydrogens is 374 g/mol. The van der Waals surface area contributed by atoms with E-state index in [4.69, 9.17) is 13.6 Å². The summed E-state index contributed by atoms with van der Waals surface area (Å²) in [6, 6.07) is 5.21. The summed E-state index contributed by atoms with van der Waals surface area (Å²) in [6.07, 6.45) is 0.967. The summed E-state index contributed by atoms with van der Waals surface area (Å²) < 4.78 is 16.6. The van der Waals surface area contributed by atoms with E-state index in [-0.39, 0.29) is 18.1 Å². The third-order valence-corrected chi connectivity index (χ3v) is 4.68. The zero-order valence-corrected chi connectivity index (χ0v) is 17.3. The summed E-state index contributed by atoms with van der Waals surface area (Å²) >= 11 is 0. The molecule has 3 aromatic rings. The Balaban J connectivity index is 1.80. The average Bonchev–Trinajstić information content (AvgIpc) is 3.08. The number of ether oxygens (including phenoxy) is 1. The molecule has 2 aromatic heterocycles. The van der Waals surface area contributed by atoms with Gasteiger partial charge in [-0.05, 0) is 38.0 Å². The Labute approximate surface area is 168 Å². The Morgan fingerprint density at radius 1 is 1.24 bits per heavy atom. The highest BCUT2D eigenvalue weighted by Crippen LogP contribution is 2.29. The van der Waals surface area contributed by atoms with Gasteiger partial charge in [-0.3, -0.25) is 4.79 Å². The number of amides is 1. The first-order chi connectivity index (χ1) is 13.8. The second-order valence-corrected chi connectivity index (χ2v) is 7.08. The van der Waals surface area contributed by atoms with E-state index in [9.17, 15) is 9.59 Å². The van der Waals surface area contributed by atoms with E-state index in [0.717, 1.165) is 23.8 Å². The van der Waals surface area contributed by atoms with Gasteiger partial charge in [-0.25, -0.2) is 4.79 Å². The molecule has 1 aromatic carbocycles. The number of benzene rings is 1. The van der Waals surface area contributed by atoms with E-state index < -0.39 is 6.10 Å². The molecule has 0 radical (unpaired) electrons. The zero-order chi connectivity index (χ0) is 21.1. The number of aromatic nitrogens is 2. The number of fused-ring (bicyclic) bond motifs is 1. The first-order valence-electron chi connectivity index (χ1n) is 9.57. The van der Waals surface area contributed by atoms with E-state index in [1.165, 1.54) is 11.0 Å². The maximum absolute atomic E-state index is 12.7. The Morgan fingerprint density at radius 3 is 2.66 bits per heavy atom. The van der Waals surface area contributed by atoms with Crippen molar-refractivity contribution >= 4 is 16.9 Å². The average molecular weight is 399 g/mol. The summed E-state index contributed by atoms with van der Waals surface area (Å²) in [5.41, 5.74) is 1.74. The van der Waals surface area contributed by atoms with Crippen molar-refractivity contribution in [1.29, 1.82) is 0 Å². The molecule has 0 fully saturated rings. The van der Waals surface area contributed by atoms with Gasteiger partial charge in [0, 0.05) is 31.0 Å². The van der Waals surface area contributed by atoms with E-state index in [2.05, 4.69) is 17.1 Å². The summed E-state index contributed by atoms with van der Waals surface area (Å²) in [6.45, 7) is 7.43. The summed E-state index contributed by atoms with van der Waals surface area (Å²) in [4.78, 5) is 26.1. The van der Waals surface area contributed by atoms with Crippen molar-refractivity contribution < 1.29 is 18.4 Å². The van der Waals surface area contributed by atoms with Gasteiger partial charge in [0.05, 0.1) is 6.54 Å². The van der Waals surface area contributed by atoms with Gasteiger partial charge >= 0.3 is 5.63 Å². The van der Waals surface area contributed by atoms with Crippen LogP contribution in [0.4, 0.5) is 0 Å². The fourth-order valence-corrected chi connectivity index (χ4v) is 3.25. The van der Waals surface area contributed by atoms with E-state index >= 15 is 0 Å². The predicted octanol–water partition coefficient (Wildman–Crippen LogP) is 3.17. The number of hydrogen-bond acceptors (Lipinski definition) is 7. The quantitative estimate of drug-likeness (QED) is 0.563. The molecule has 1 atom stereocenters. The van der Waals surface area contributed by atoms with Crippen molar-refractivity contribution in [2.24, 2.45) is 0 Å². The maximum Gasteiger partial charge on any atom is 0.336 e. The molecule has 154 valence electrons. The van der Waals surface area contributed by atoms with Crippen LogP contribution >= 0.6 is 0 Å². The van der Waals surface area contributed by atoms with Crippen LogP contribution < -0.4 is 10.4 Å². The lowest BCUT2D eigenvalue weighted by molar-refractivity contribution is -0.137.